The Labute approximate surface area is 131 Å². The third-order valence-electron chi connectivity index (χ3n) is 3.12. The fraction of sp³-hybridized carbons (Fsp3) is 0.867. The Morgan fingerprint density at radius 2 is 1.42 bits per heavy atom. The van der Waals surface area contributed by atoms with E-state index in [1.807, 2.05) is 0 Å². The Morgan fingerprint density at radius 1 is 1.00 bits per heavy atom. The second kappa shape index (κ2) is 6.93. The molecule has 19 heavy (non-hydrogen) atoms. The van der Waals surface area contributed by atoms with Gasteiger partial charge in [0.15, 0.2) is 8.32 Å². The van der Waals surface area contributed by atoms with E-state index in [9.17, 15) is 0 Å². The van der Waals surface area contributed by atoms with E-state index in [1.165, 1.54) is 0 Å². The molecule has 4 heteroatoms. The van der Waals surface area contributed by atoms with Crippen LogP contribution in [0.15, 0.2) is 0 Å². The van der Waals surface area contributed by atoms with Gasteiger partial charge in [0.25, 0.3) is 0 Å². The Morgan fingerprint density at radius 3 is 1.68 bits per heavy atom. The van der Waals surface area contributed by atoms with Crippen molar-refractivity contribution in [2.45, 2.75) is 66.0 Å². The van der Waals surface area contributed by atoms with Crippen LogP contribution in [0.4, 0.5) is 0 Å². The summed E-state index contributed by atoms with van der Waals surface area (Å²) >= 11 is 3.61. The number of alkyl halides is 1. The Kier molecular flexibility index (Phi) is 7.09. The molecule has 0 aliphatic heterocycles. The van der Waals surface area contributed by atoms with Gasteiger partial charge in [0.1, 0.15) is 13.7 Å². The van der Waals surface area contributed by atoms with Crippen LogP contribution in [0.2, 0.25) is 32.7 Å². The highest BCUT2D eigenvalue weighted by Gasteiger charge is 2.42. The van der Waals surface area contributed by atoms with Crippen LogP contribution < -0.4 is 0 Å². The molecular formula is C15H31BrOSi2. The zero-order chi connectivity index (χ0) is 15.5. The minimum atomic E-state index is -1.70. The van der Waals surface area contributed by atoms with Gasteiger partial charge in [0.05, 0.1) is 0 Å². The average Bonchev–Trinajstić information content (AvgIpc) is 2.22. The molecule has 1 nitrogen and oxygen atoms in total. The van der Waals surface area contributed by atoms with Gasteiger partial charge in [-0.2, -0.15) is 0 Å². The molecule has 0 saturated carbocycles. The molecule has 112 valence electrons. The normalized spacial score (nSPS) is 13.7. The first-order valence-electron chi connectivity index (χ1n) is 7.17. The Balaban J connectivity index is 5.63. The van der Waals surface area contributed by atoms with Crippen molar-refractivity contribution in [3.8, 4) is 11.5 Å². The second-order valence-electron chi connectivity index (χ2n) is 7.60. The molecule has 0 aromatic heterocycles. The van der Waals surface area contributed by atoms with Gasteiger partial charge in [-0.05, 0) is 24.9 Å². The van der Waals surface area contributed by atoms with Crippen molar-refractivity contribution in [1.82, 2.24) is 0 Å². The van der Waals surface area contributed by atoms with Crippen molar-refractivity contribution >= 4 is 32.3 Å². The maximum Gasteiger partial charge on any atom is 0.199 e. The summed E-state index contributed by atoms with van der Waals surface area (Å²) in [5, 5.41) is 0. The smallest absolute Gasteiger partial charge is 0.199 e. The predicted molar refractivity (Wildman–Crippen MR) is 95.9 cm³/mol. The molecule has 0 aromatic carbocycles. The van der Waals surface area contributed by atoms with Crippen LogP contribution in [-0.2, 0) is 4.43 Å². The van der Waals surface area contributed by atoms with Gasteiger partial charge >= 0.3 is 0 Å². The van der Waals surface area contributed by atoms with E-state index in [1.54, 1.807) is 0 Å². The lowest BCUT2D eigenvalue weighted by Gasteiger charge is -2.42. The Hall–Kier alpha value is 0.434. The van der Waals surface area contributed by atoms with E-state index in [2.05, 4.69) is 87.8 Å². The van der Waals surface area contributed by atoms with Gasteiger partial charge in [-0.3, -0.25) is 0 Å². The van der Waals surface area contributed by atoms with Crippen LogP contribution in [0, 0.1) is 23.3 Å². The summed E-state index contributed by atoms with van der Waals surface area (Å²) in [7, 11) is -3.09. The third-order valence-corrected chi connectivity index (χ3v) is 9.58. The molecule has 0 amide bonds. The summed E-state index contributed by atoms with van der Waals surface area (Å²) in [5.41, 5.74) is 3.24. The molecular weight excluding hydrogens is 332 g/mol. The van der Waals surface area contributed by atoms with Crippen molar-refractivity contribution in [2.75, 3.05) is 4.95 Å². The highest BCUT2D eigenvalue weighted by molar-refractivity contribution is 9.09. The monoisotopic (exact) mass is 362 g/mol. The van der Waals surface area contributed by atoms with E-state index in [0.29, 0.717) is 11.8 Å². The number of hydrogen-bond donors (Lipinski definition) is 0. The fourth-order valence-electron chi connectivity index (χ4n) is 1.99. The molecule has 0 atom stereocenters. The Bertz CT molecular complexity index is 337. The van der Waals surface area contributed by atoms with Crippen molar-refractivity contribution in [3.63, 3.8) is 0 Å². The van der Waals surface area contributed by atoms with E-state index < -0.39 is 16.4 Å². The van der Waals surface area contributed by atoms with E-state index >= 15 is 0 Å². The average molecular weight is 363 g/mol. The highest BCUT2D eigenvalue weighted by atomic mass is 79.9. The van der Waals surface area contributed by atoms with E-state index in [4.69, 9.17) is 4.43 Å². The zero-order valence-corrected chi connectivity index (χ0v) is 17.7. The minimum absolute atomic E-state index is 0.302. The number of halogens is 1. The summed E-state index contributed by atoms with van der Waals surface area (Å²) in [4.78, 5) is 0.954. The number of hydrogen-bond acceptors (Lipinski definition) is 1. The summed E-state index contributed by atoms with van der Waals surface area (Å²) in [6.07, 6.45) is 0. The van der Waals surface area contributed by atoms with Gasteiger partial charge in [-0.25, -0.2) is 0 Å². The van der Waals surface area contributed by atoms with Crippen LogP contribution >= 0.6 is 15.9 Å². The van der Waals surface area contributed by atoms with Crippen LogP contribution in [0.1, 0.15) is 27.7 Å². The summed E-state index contributed by atoms with van der Waals surface area (Å²) < 4.78 is 6.63. The molecule has 0 aliphatic carbocycles. The lowest BCUT2D eigenvalue weighted by Crippen LogP contribution is -2.51. The molecule has 0 rings (SSSR count). The van der Waals surface area contributed by atoms with Gasteiger partial charge in [-0.1, -0.05) is 69.2 Å². The van der Waals surface area contributed by atoms with Crippen LogP contribution in [0.5, 0.6) is 0 Å². The molecule has 0 unspecified atom stereocenters. The number of rotatable bonds is 5. The van der Waals surface area contributed by atoms with Crippen LogP contribution in [0.3, 0.4) is 0 Å². The zero-order valence-electron chi connectivity index (χ0n) is 14.1. The van der Waals surface area contributed by atoms with Crippen molar-refractivity contribution in [2.24, 2.45) is 11.8 Å². The molecule has 0 aromatic rings. The second-order valence-corrected chi connectivity index (χ2v) is 18.0. The first-order valence-corrected chi connectivity index (χ1v) is 14.9. The molecule has 0 N–H and O–H groups in total. The maximum atomic E-state index is 6.63. The van der Waals surface area contributed by atoms with Crippen molar-refractivity contribution < 1.29 is 4.43 Å². The topological polar surface area (TPSA) is 9.23 Å². The quantitative estimate of drug-likeness (QED) is 0.376. The molecule has 0 heterocycles. The lowest BCUT2D eigenvalue weighted by molar-refractivity contribution is 0.0275. The molecule has 0 radical (unpaired) electrons. The third kappa shape index (κ3) is 6.16. The summed E-state index contributed by atoms with van der Waals surface area (Å²) in [6, 6.07) is 0. The minimum Gasteiger partial charge on any atom is -0.400 e. The van der Waals surface area contributed by atoms with Gasteiger partial charge in [0, 0.05) is 4.95 Å². The van der Waals surface area contributed by atoms with Crippen LogP contribution in [0.25, 0.3) is 0 Å². The van der Waals surface area contributed by atoms with Crippen molar-refractivity contribution in [3.05, 3.63) is 0 Å². The largest absolute Gasteiger partial charge is 0.400 e. The lowest BCUT2D eigenvalue weighted by atomic mass is 9.81. The van der Waals surface area contributed by atoms with Gasteiger partial charge in [-0.15, -0.1) is 5.54 Å². The first kappa shape index (κ1) is 19.4. The summed E-state index contributed by atoms with van der Waals surface area (Å²) in [6.45, 7) is 20.3. The SMILES string of the molecule is CC(C)C(C#C[Si](C)(C)C)(O[Si](C)(C)CBr)C(C)C. The molecule has 0 saturated heterocycles. The highest BCUT2D eigenvalue weighted by Crippen LogP contribution is 2.33. The van der Waals surface area contributed by atoms with Gasteiger partial charge < -0.3 is 4.43 Å². The van der Waals surface area contributed by atoms with Gasteiger partial charge in [0.2, 0.25) is 0 Å². The standard InChI is InChI=1S/C15H31BrOSi2/c1-13(2)15(14(3)4,10-11-18(5,6)7)17-19(8,9)12-16/h13-14H,12H2,1-9H3. The first-order chi connectivity index (χ1) is 8.36. The maximum absolute atomic E-state index is 6.63. The van der Waals surface area contributed by atoms with Crippen LogP contribution in [-0.4, -0.2) is 26.9 Å². The molecule has 0 fully saturated rings. The van der Waals surface area contributed by atoms with Crippen molar-refractivity contribution in [1.29, 1.82) is 0 Å². The predicted octanol–water partition coefficient (Wildman–Crippen LogP) is 5.07. The van der Waals surface area contributed by atoms with E-state index in [-0.39, 0.29) is 5.60 Å². The molecule has 0 aliphatic rings. The van der Waals surface area contributed by atoms with E-state index in [0.717, 1.165) is 4.95 Å². The summed E-state index contributed by atoms with van der Waals surface area (Å²) in [5.74, 6) is 4.38. The molecule has 0 spiro atoms. The molecule has 0 bridgehead atoms. The fourth-order valence-corrected chi connectivity index (χ4v) is 4.39.